The smallest absolute Gasteiger partial charge is 0.330 e. The fourth-order valence-corrected chi connectivity index (χ4v) is 1.96. The van der Waals surface area contributed by atoms with Gasteiger partial charge in [-0.1, -0.05) is 0 Å². The van der Waals surface area contributed by atoms with Crippen LogP contribution in [0.15, 0.2) is 34.0 Å². The van der Waals surface area contributed by atoms with Crippen LogP contribution in [0.25, 0.3) is 0 Å². The number of aromatic nitrogens is 2. The predicted octanol–water partition coefficient (Wildman–Crippen LogP) is 0.707. The van der Waals surface area contributed by atoms with Crippen LogP contribution in [0.1, 0.15) is 11.1 Å². The van der Waals surface area contributed by atoms with Crippen LogP contribution >= 0.6 is 0 Å². The van der Waals surface area contributed by atoms with E-state index in [0.717, 1.165) is 10.6 Å². The number of nitriles is 1. The average Bonchev–Trinajstić information content (AvgIpc) is 2.48. The summed E-state index contributed by atoms with van der Waals surface area (Å²) in [6, 6.07) is 5.65. The molecule has 0 atom stereocenters. The third-order valence-corrected chi connectivity index (χ3v) is 3.09. The van der Waals surface area contributed by atoms with Gasteiger partial charge in [0.1, 0.15) is 11.9 Å². The van der Waals surface area contributed by atoms with E-state index < -0.39 is 17.1 Å². The molecule has 0 spiro atoms. The zero-order valence-electron chi connectivity index (χ0n) is 11.6. The van der Waals surface area contributed by atoms with Crippen molar-refractivity contribution in [2.45, 2.75) is 6.54 Å². The van der Waals surface area contributed by atoms with Crippen molar-refractivity contribution in [1.82, 2.24) is 9.13 Å². The van der Waals surface area contributed by atoms with Gasteiger partial charge in [-0.2, -0.15) is 5.26 Å². The van der Waals surface area contributed by atoms with E-state index in [1.165, 1.54) is 29.9 Å². The molecule has 2 rings (SSSR count). The molecule has 0 fully saturated rings. The predicted molar refractivity (Wildman–Crippen MR) is 75.4 cm³/mol. The van der Waals surface area contributed by atoms with E-state index >= 15 is 0 Å². The molecule has 0 saturated heterocycles. The summed E-state index contributed by atoms with van der Waals surface area (Å²) in [6.45, 7) is 0.126. The Bertz CT molecular complexity index is 846. The van der Waals surface area contributed by atoms with E-state index in [4.69, 9.17) is 5.26 Å². The van der Waals surface area contributed by atoms with Crippen LogP contribution in [0.3, 0.4) is 0 Å². The first kappa shape index (κ1) is 14.5. The Morgan fingerprint density at radius 1 is 1.33 bits per heavy atom. The molecule has 0 amide bonds. The van der Waals surface area contributed by atoms with Gasteiger partial charge < -0.3 is 9.88 Å². The van der Waals surface area contributed by atoms with E-state index in [9.17, 15) is 14.0 Å². The first-order chi connectivity index (χ1) is 9.93. The van der Waals surface area contributed by atoms with E-state index in [2.05, 4.69) is 5.32 Å². The summed E-state index contributed by atoms with van der Waals surface area (Å²) in [5, 5.41) is 11.9. The maximum Gasteiger partial charge on any atom is 0.330 e. The first-order valence-electron chi connectivity index (χ1n) is 6.13. The molecule has 0 unspecified atom stereocenters. The quantitative estimate of drug-likeness (QED) is 0.902. The fraction of sp³-hybridized carbons (Fsp3) is 0.214. The van der Waals surface area contributed by atoms with Crippen LogP contribution in [-0.4, -0.2) is 9.13 Å². The summed E-state index contributed by atoms with van der Waals surface area (Å²) in [6.07, 6.45) is 1.44. The minimum atomic E-state index is -0.505. The zero-order valence-corrected chi connectivity index (χ0v) is 11.6. The van der Waals surface area contributed by atoms with Crippen LogP contribution in [-0.2, 0) is 20.6 Å². The number of anilines is 1. The number of aryl methyl sites for hydroxylation is 1. The maximum absolute atomic E-state index is 13.0. The molecule has 0 radical (unpaired) electrons. The van der Waals surface area contributed by atoms with Gasteiger partial charge in [-0.05, 0) is 18.2 Å². The van der Waals surface area contributed by atoms with Crippen molar-refractivity contribution < 1.29 is 4.39 Å². The number of nitrogens with zero attached hydrogens (tertiary/aromatic N) is 3. The molecular formula is C14H13FN4O2. The van der Waals surface area contributed by atoms with Crippen molar-refractivity contribution in [2.75, 3.05) is 5.32 Å². The summed E-state index contributed by atoms with van der Waals surface area (Å²) >= 11 is 0. The molecule has 1 aromatic heterocycles. The molecule has 1 heterocycles. The van der Waals surface area contributed by atoms with Crippen molar-refractivity contribution in [3.05, 3.63) is 62.2 Å². The van der Waals surface area contributed by atoms with Gasteiger partial charge in [-0.15, -0.1) is 0 Å². The Balaban J connectivity index is 2.32. The molecule has 0 saturated carbocycles. The van der Waals surface area contributed by atoms with Crippen LogP contribution in [0.2, 0.25) is 0 Å². The van der Waals surface area contributed by atoms with E-state index in [-0.39, 0.29) is 12.1 Å². The lowest BCUT2D eigenvalue weighted by atomic mass is 10.2. The molecular weight excluding hydrogens is 275 g/mol. The van der Waals surface area contributed by atoms with Crippen LogP contribution < -0.4 is 16.6 Å². The molecule has 2 aromatic rings. The largest absolute Gasteiger partial charge is 0.380 e. The third-order valence-electron chi connectivity index (χ3n) is 3.09. The molecule has 7 heteroatoms. The van der Waals surface area contributed by atoms with Gasteiger partial charge in [0, 0.05) is 26.8 Å². The molecule has 0 aliphatic heterocycles. The van der Waals surface area contributed by atoms with Gasteiger partial charge in [0.05, 0.1) is 16.8 Å². The number of benzene rings is 1. The van der Waals surface area contributed by atoms with Gasteiger partial charge >= 0.3 is 5.69 Å². The zero-order chi connectivity index (χ0) is 15.6. The molecule has 6 nitrogen and oxygen atoms in total. The van der Waals surface area contributed by atoms with Crippen molar-refractivity contribution >= 4 is 5.69 Å². The Hall–Kier alpha value is -2.88. The first-order valence-corrected chi connectivity index (χ1v) is 6.13. The van der Waals surface area contributed by atoms with Gasteiger partial charge in [-0.25, -0.2) is 9.18 Å². The number of halogens is 1. The Morgan fingerprint density at radius 2 is 2.05 bits per heavy atom. The van der Waals surface area contributed by atoms with Crippen LogP contribution in [0.4, 0.5) is 10.1 Å². The van der Waals surface area contributed by atoms with E-state index in [0.29, 0.717) is 11.3 Å². The summed E-state index contributed by atoms with van der Waals surface area (Å²) in [5.41, 5.74) is 0.119. The maximum atomic E-state index is 13.0. The van der Waals surface area contributed by atoms with Gasteiger partial charge in [-0.3, -0.25) is 9.36 Å². The van der Waals surface area contributed by atoms with Gasteiger partial charge in [0.15, 0.2) is 0 Å². The topological polar surface area (TPSA) is 79.8 Å². The highest BCUT2D eigenvalue weighted by atomic mass is 19.1. The SMILES string of the molecule is Cn1cc(CNc2ccc(F)cc2C#N)c(=O)n(C)c1=O. The van der Waals surface area contributed by atoms with Crippen molar-refractivity contribution in [3.63, 3.8) is 0 Å². The molecule has 1 aromatic carbocycles. The lowest BCUT2D eigenvalue weighted by Gasteiger charge is -2.10. The minimum Gasteiger partial charge on any atom is -0.380 e. The molecule has 21 heavy (non-hydrogen) atoms. The Labute approximate surface area is 119 Å². The van der Waals surface area contributed by atoms with E-state index in [1.807, 2.05) is 6.07 Å². The number of rotatable bonds is 3. The van der Waals surface area contributed by atoms with Crippen LogP contribution in [0, 0.1) is 17.1 Å². The van der Waals surface area contributed by atoms with Crippen molar-refractivity contribution in [1.29, 1.82) is 5.26 Å². The number of hydrogen-bond donors (Lipinski definition) is 1. The highest BCUT2D eigenvalue weighted by molar-refractivity contribution is 5.57. The second-order valence-corrected chi connectivity index (χ2v) is 4.57. The molecule has 0 aliphatic rings. The molecule has 1 N–H and O–H groups in total. The molecule has 0 aliphatic carbocycles. The summed E-state index contributed by atoms with van der Waals surface area (Å²) < 4.78 is 15.3. The summed E-state index contributed by atoms with van der Waals surface area (Å²) in [4.78, 5) is 23.5. The second-order valence-electron chi connectivity index (χ2n) is 4.57. The highest BCUT2D eigenvalue weighted by Gasteiger charge is 2.08. The summed E-state index contributed by atoms with van der Waals surface area (Å²) in [5.74, 6) is -0.505. The minimum absolute atomic E-state index is 0.126. The monoisotopic (exact) mass is 288 g/mol. The fourth-order valence-electron chi connectivity index (χ4n) is 1.96. The van der Waals surface area contributed by atoms with Crippen molar-refractivity contribution in [2.24, 2.45) is 14.1 Å². The highest BCUT2D eigenvalue weighted by Crippen LogP contribution is 2.16. The van der Waals surface area contributed by atoms with Gasteiger partial charge in [0.25, 0.3) is 5.56 Å². The Morgan fingerprint density at radius 3 is 2.71 bits per heavy atom. The normalized spacial score (nSPS) is 10.2. The van der Waals surface area contributed by atoms with Gasteiger partial charge in [0.2, 0.25) is 0 Å². The second kappa shape index (κ2) is 5.63. The molecule has 0 bridgehead atoms. The van der Waals surface area contributed by atoms with Crippen LogP contribution in [0.5, 0.6) is 0 Å². The standard InChI is InChI=1S/C14H13FN4O2/c1-18-8-10(13(20)19(2)14(18)21)7-17-12-4-3-11(15)5-9(12)6-16/h3-5,8,17H,7H2,1-2H3. The average molecular weight is 288 g/mol. The molecule has 108 valence electrons. The lowest BCUT2D eigenvalue weighted by molar-refractivity contribution is 0.627. The number of nitrogens with one attached hydrogen (secondary N) is 1. The van der Waals surface area contributed by atoms with E-state index in [1.54, 1.807) is 7.05 Å². The third kappa shape index (κ3) is 2.84. The summed E-state index contributed by atoms with van der Waals surface area (Å²) in [7, 11) is 2.94. The van der Waals surface area contributed by atoms with Crippen molar-refractivity contribution in [3.8, 4) is 6.07 Å². The lowest BCUT2D eigenvalue weighted by Crippen LogP contribution is -2.38. The number of hydrogen-bond acceptors (Lipinski definition) is 4. The Kier molecular flexibility index (Phi) is 3.89.